The smallest absolute Gasteiger partial charge is 0.337 e. The first kappa shape index (κ1) is 14.6. The number of carbonyl (C=O) groups excluding carboxylic acids is 2. The molecule has 5 heteroatoms. The highest BCUT2D eigenvalue weighted by Gasteiger charge is 2.17. The van der Waals surface area contributed by atoms with E-state index >= 15 is 0 Å². The van der Waals surface area contributed by atoms with Crippen LogP contribution in [-0.4, -0.2) is 18.9 Å². The number of ketones is 1. The average molecular weight is 294 g/mol. The van der Waals surface area contributed by atoms with Gasteiger partial charge in [-0.1, -0.05) is 11.6 Å². The first-order chi connectivity index (χ1) is 9.52. The largest absolute Gasteiger partial charge is 0.465 e. The lowest BCUT2D eigenvalue weighted by atomic mass is 9.96. The van der Waals surface area contributed by atoms with E-state index < -0.39 is 5.97 Å². The number of benzene rings is 1. The Bertz CT molecular complexity index is 593. The molecule has 0 spiro atoms. The minimum Gasteiger partial charge on any atom is -0.465 e. The van der Waals surface area contributed by atoms with E-state index in [1.165, 1.54) is 7.11 Å². The van der Waals surface area contributed by atoms with E-state index in [4.69, 9.17) is 11.6 Å². The van der Waals surface area contributed by atoms with Crippen LogP contribution in [0.2, 0.25) is 5.02 Å². The second kappa shape index (κ2) is 6.09. The molecule has 0 unspecified atom stereocenters. The maximum atomic E-state index is 11.7. The summed E-state index contributed by atoms with van der Waals surface area (Å²) in [5, 5.41) is 3.61. The Balaban J connectivity index is 2.24. The standard InChI is InChI=1S/C15H16ClNO3/c1-9-12(4-3-5-14(9)18)17-13-7-6-10(8-11(13)16)15(19)20-2/h6-8,17H,3-5H2,1-2H3. The number of rotatable bonds is 3. The van der Waals surface area contributed by atoms with E-state index in [2.05, 4.69) is 10.1 Å². The van der Waals surface area contributed by atoms with Gasteiger partial charge in [0.15, 0.2) is 5.78 Å². The van der Waals surface area contributed by atoms with Crippen LogP contribution in [0.15, 0.2) is 29.5 Å². The van der Waals surface area contributed by atoms with Crippen LogP contribution in [0.1, 0.15) is 36.5 Å². The minimum atomic E-state index is -0.429. The summed E-state index contributed by atoms with van der Waals surface area (Å²) in [6.45, 7) is 1.82. The third-order valence-electron chi connectivity index (χ3n) is 3.38. The Labute approximate surface area is 122 Å². The van der Waals surface area contributed by atoms with Gasteiger partial charge in [-0.3, -0.25) is 4.79 Å². The molecule has 1 aromatic carbocycles. The van der Waals surface area contributed by atoms with Gasteiger partial charge in [0.05, 0.1) is 23.4 Å². The molecular weight excluding hydrogens is 278 g/mol. The minimum absolute atomic E-state index is 0.168. The number of esters is 1. The molecule has 0 fully saturated rings. The van der Waals surface area contributed by atoms with E-state index in [1.54, 1.807) is 18.2 Å². The quantitative estimate of drug-likeness (QED) is 0.866. The van der Waals surface area contributed by atoms with Crippen molar-refractivity contribution in [3.05, 3.63) is 40.1 Å². The molecule has 20 heavy (non-hydrogen) atoms. The third-order valence-corrected chi connectivity index (χ3v) is 3.69. The van der Waals surface area contributed by atoms with Gasteiger partial charge in [0, 0.05) is 17.7 Å². The summed E-state index contributed by atoms with van der Waals surface area (Å²) in [4.78, 5) is 23.1. The van der Waals surface area contributed by atoms with Crippen LogP contribution in [0.3, 0.4) is 0 Å². The van der Waals surface area contributed by atoms with Crippen molar-refractivity contribution in [2.75, 3.05) is 12.4 Å². The summed E-state index contributed by atoms with van der Waals surface area (Å²) in [5.41, 5.74) is 2.73. The summed E-state index contributed by atoms with van der Waals surface area (Å²) in [6.07, 6.45) is 2.27. The van der Waals surface area contributed by atoms with Crippen LogP contribution < -0.4 is 5.32 Å². The van der Waals surface area contributed by atoms with Gasteiger partial charge in [0.2, 0.25) is 0 Å². The van der Waals surface area contributed by atoms with Gasteiger partial charge in [0.25, 0.3) is 0 Å². The molecule has 1 N–H and O–H groups in total. The molecule has 1 aliphatic rings. The van der Waals surface area contributed by atoms with Crippen molar-refractivity contribution in [2.24, 2.45) is 0 Å². The Hall–Kier alpha value is -1.81. The van der Waals surface area contributed by atoms with Crippen molar-refractivity contribution in [3.63, 3.8) is 0 Å². The molecule has 0 heterocycles. The van der Waals surface area contributed by atoms with Crippen molar-refractivity contribution < 1.29 is 14.3 Å². The van der Waals surface area contributed by atoms with Gasteiger partial charge in [-0.2, -0.15) is 0 Å². The van der Waals surface area contributed by atoms with Crippen molar-refractivity contribution in [1.29, 1.82) is 0 Å². The first-order valence-electron chi connectivity index (χ1n) is 6.40. The Morgan fingerprint density at radius 3 is 2.75 bits per heavy atom. The molecule has 0 radical (unpaired) electrons. The lowest BCUT2D eigenvalue weighted by molar-refractivity contribution is -0.116. The second-order valence-corrected chi connectivity index (χ2v) is 5.10. The maximum absolute atomic E-state index is 11.7. The number of methoxy groups -OCH3 is 1. The molecule has 0 aromatic heterocycles. The first-order valence-corrected chi connectivity index (χ1v) is 6.78. The SMILES string of the molecule is COC(=O)c1ccc(NC2=C(C)C(=O)CCC2)c(Cl)c1. The van der Waals surface area contributed by atoms with Gasteiger partial charge in [-0.15, -0.1) is 0 Å². The molecule has 0 saturated heterocycles. The van der Waals surface area contributed by atoms with Gasteiger partial charge in [-0.25, -0.2) is 4.79 Å². The molecule has 0 amide bonds. The summed E-state index contributed by atoms with van der Waals surface area (Å²) in [5.74, 6) is -0.261. The zero-order valence-corrected chi connectivity index (χ0v) is 12.2. The van der Waals surface area contributed by atoms with Gasteiger partial charge in [-0.05, 0) is 38.0 Å². The second-order valence-electron chi connectivity index (χ2n) is 4.69. The molecule has 0 saturated carbocycles. The Morgan fingerprint density at radius 1 is 1.35 bits per heavy atom. The van der Waals surface area contributed by atoms with Crippen molar-refractivity contribution in [1.82, 2.24) is 0 Å². The van der Waals surface area contributed by atoms with Crippen molar-refractivity contribution >= 4 is 29.0 Å². The average Bonchev–Trinajstić information content (AvgIpc) is 2.45. The fraction of sp³-hybridized carbons (Fsp3) is 0.333. The molecule has 1 aromatic rings. The number of allylic oxidation sites excluding steroid dienone is 2. The maximum Gasteiger partial charge on any atom is 0.337 e. The molecule has 1 aliphatic carbocycles. The van der Waals surface area contributed by atoms with Crippen molar-refractivity contribution in [2.45, 2.75) is 26.2 Å². The monoisotopic (exact) mass is 293 g/mol. The molecule has 0 aliphatic heterocycles. The van der Waals surface area contributed by atoms with Crippen LogP contribution >= 0.6 is 11.6 Å². The summed E-state index contributed by atoms with van der Waals surface area (Å²) < 4.78 is 4.64. The Morgan fingerprint density at radius 2 is 2.10 bits per heavy atom. The number of ether oxygens (including phenoxy) is 1. The van der Waals surface area contributed by atoms with Crippen LogP contribution in [0.5, 0.6) is 0 Å². The number of halogens is 1. The highest BCUT2D eigenvalue weighted by atomic mass is 35.5. The number of Topliss-reactive ketones (excluding diaryl/α,β-unsaturated/α-hetero) is 1. The van der Waals surface area contributed by atoms with E-state index in [0.29, 0.717) is 22.7 Å². The number of hydrogen-bond donors (Lipinski definition) is 1. The van der Waals surface area contributed by atoms with Crippen LogP contribution in [-0.2, 0) is 9.53 Å². The van der Waals surface area contributed by atoms with E-state index in [-0.39, 0.29) is 5.78 Å². The highest BCUT2D eigenvalue weighted by molar-refractivity contribution is 6.33. The van der Waals surface area contributed by atoms with Crippen LogP contribution in [0.4, 0.5) is 5.69 Å². The molecule has 4 nitrogen and oxygen atoms in total. The summed E-state index contributed by atoms with van der Waals surface area (Å²) in [6, 6.07) is 4.91. The number of hydrogen-bond acceptors (Lipinski definition) is 4. The zero-order chi connectivity index (χ0) is 14.7. The van der Waals surface area contributed by atoms with E-state index in [0.717, 1.165) is 24.1 Å². The van der Waals surface area contributed by atoms with Crippen LogP contribution in [0, 0.1) is 0 Å². The number of carbonyl (C=O) groups is 2. The summed E-state index contributed by atoms with van der Waals surface area (Å²) >= 11 is 6.16. The lowest BCUT2D eigenvalue weighted by Crippen LogP contribution is -2.14. The van der Waals surface area contributed by atoms with Gasteiger partial charge < -0.3 is 10.1 Å². The third kappa shape index (κ3) is 3.02. The van der Waals surface area contributed by atoms with Crippen LogP contribution in [0.25, 0.3) is 0 Å². The highest BCUT2D eigenvalue weighted by Crippen LogP contribution is 2.28. The van der Waals surface area contributed by atoms with Gasteiger partial charge in [0.1, 0.15) is 0 Å². The predicted molar refractivity (Wildman–Crippen MR) is 78.0 cm³/mol. The normalized spacial score (nSPS) is 15.2. The molecule has 0 bridgehead atoms. The van der Waals surface area contributed by atoms with E-state index in [9.17, 15) is 9.59 Å². The number of nitrogens with one attached hydrogen (secondary N) is 1. The molecular formula is C15H16ClNO3. The lowest BCUT2D eigenvalue weighted by Gasteiger charge is -2.19. The fourth-order valence-electron chi connectivity index (χ4n) is 2.15. The van der Waals surface area contributed by atoms with Gasteiger partial charge >= 0.3 is 5.97 Å². The summed E-state index contributed by atoms with van der Waals surface area (Å²) in [7, 11) is 1.32. The Kier molecular flexibility index (Phi) is 4.45. The topological polar surface area (TPSA) is 55.4 Å². The molecule has 2 rings (SSSR count). The molecule has 0 atom stereocenters. The van der Waals surface area contributed by atoms with E-state index in [1.807, 2.05) is 6.92 Å². The van der Waals surface area contributed by atoms with Crippen molar-refractivity contribution in [3.8, 4) is 0 Å². The fourth-order valence-corrected chi connectivity index (χ4v) is 2.38. The zero-order valence-electron chi connectivity index (χ0n) is 11.5. The number of anilines is 1. The predicted octanol–water partition coefficient (Wildman–Crippen LogP) is 3.57. The molecule has 106 valence electrons.